The number of benzene rings is 2. The van der Waals surface area contributed by atoms with Crippen molar-refractivity contribution >= 4 is 11.7 Å². The van der Waals surface area contributed by atoms with Crippen molar-refractivity contribution in [3.8, 4) is 17.6 Å². The second-order valence-corrected chi connectivity index (χ2v) is 7.23. The Morgan fingerprint density at radius 3 is 2.71 bits per heavy atom. The fourth-order valence-electron chi connectivity index (χ4n) is 3.90. The number of fused-ring (bicyclic) bond motifs is 1. The summed E-state index contributed by atoms with van der Waals surface area (Å²) in [5, 5.41) is 9.03. The minimum atomic E-state index is -0.582. The molecule has 0 N–H and O–H groups in total. The molecule has 2 aliphatic heterocycles. The largest absolute Gasteiger partial charge is 0.497 e. The van der Waals surface area contributed by atoms with Gasteiger partial charge < -0.3 is 14.4 Å². The van der Waals surface area contributed by atoms with E-state index in [4.69, 9.17) is 14.7 Å². The van der Waals surface area contributed by atoms with Crippen LogP contribution >= 0.6 is 0 Å². The molecule has 0 atom stereocenters. The average molecular weight is 376 g/mol. The number of methoxy groups -OCH3 is 1. The SMILES string of the molecule is COc1ccc2c(c1)OC1(CCN(C(=O)c3cccc(C#N)c3)CC1)CC2=O. The number of ketones is 1. The Morgan fingerprint density at radius 2 is 2.00 bits per heavy atom. The van der Waals surface area contributed by atoms with Crippen LogP contribution in [0.25, 0.3) is 0 Å². The van der Waals surface area contributed by atoms with Crippen LogP contribution in [-0.4, -0.2) is 42.4 Å². The minimum absolute atomic E-state index is 0.0606. The number of likely N-dealkylation sites (tertiary alicyclic amines) is 1. The van der Waals surface area contributed by atoms with E-state index in [1.807, 2.05) is 0 Å². The molecular weight excluding hydrogens is 356 g/mol. The monoisotopic (exact) mass is 376 g/mol. The molecule has 0 radical (unpaired) electrons. The minimum Gasteiger partial charge on any atom is -0.497 e. The summed E-state index contributed by atoms with van der Waals surface area (Å²) in [5.74, 6) is 1.16. The third kappa shape index (κ3) is 3.20. The van der Waals surface area contributed by atoms with Gasteiger partial charge in [-0.1, -0.05) is 6.07 Å². The third-order valence-corrected chi connectivity index (χ3v) is 5.50. The van der Waals surface area contributed by atoms with Crippen molar-refractivity contribution < 1.29 is 19.1 Å². The van der Waals surface area contributed by atoms with E-state index in [0.717, 1.165) is 0 Å². The second-order valence-electron chi connectivity index (χ2n) is 7.23. The zero-order valence-electron chi connectivity index (χ0n) is 15.6. The van der Waals surface area contributed by atoms with Crippen LogP contribution in [0.2, 0.25) is 0 Å². The summed E-state index contributed by atoms with van der Waals surface area (Å²) in [7, 11) is 1.58. The summed E-state index contributed by atoms with van der Waals surface area (Å²) in [6, 6.07) is 14.0. The molecule has 0 unspecified atom stereocenters. The summed E-state index contributed by atoms with van der Waals surface area (Å²) in [6.07, 6.45) is 1.48. The van der Waals surface area contributed by atoms with E-state index in [-0.39, 0.29) is 11.7 Å². The predicted molar refractivity (Wildman–Crippen MR) is 102 cm³/mol. The molecule has 2 heterocycles. The lowest BCUT2D eigenvalue weighted by molar-refractivity contribution is -0.00581. The molecule has 142 valence electrons. The zero-order valence-corrected chi connectivity index (χ0v) is 15.6. The van der Waals surface area contributed by atoms with Crippen LogP contribution in [0.15, 0.2) is 42.5 Å². The van der Waals surface area contributed by atoms with Gasteiger partial charge in [-0.3, -0.25) is 9.59 Å². The molecule has 2 aromatic carbocycles. The number of nitriles is 1. The zero-order chi connectivity index (χ0) is 19.7. The van der Waals surface area contributed by atoms with Gasteiger partial charge in [-0.15, -0.1) is 0 Å². The van der Waals surface area contributed by atoms with Crippen LogP contribution in [0, 0.1) is 11.3 Å². The molecule has 1 amide bonds. The van der Waals surface area contributed by atoms with Crippen LogP contribution in [-0.2, 0) is 0 Å². The quantitative estimate of drug-likeness (QED) is 0.804. The van der Waals surface area contributed by atoms with Crippen molar-refractivity contribution in [1.29, 1.82) is 5.26 Å². The Hall–Kier alpha value is -3.33. The first-order valence-electron chi connectivity index (χ1n) is 9.23. The highest BCUT2D eigenvalue weighted by atomic mass is 16.5. The van der Waals surface area contributed by atoms with Crippen molar-refractivity contribution in [3.63, 3.8) is 0 Å². The highest BCUT2D eigenvalue weighted by molar-refractivity contribution is 6.00. The molecule has 6 nitrogen and oxygen atoms in total. The van der Waals surface area contributed by atoms with Crippen molar-refractivity contribution in [2.45, 2.75) is 24.9 Å². The number of piperidine rings is 1. The molecule has 1 fully saturated rings. The number of amides is 1. The fraction of sp³-hybridized carbons (Fsp3) is 0.318. The summed E-state index contributed by atoms with van der Waals surface area (Å²) in [6.45, 7) is 1.00. The van der Waals surface area contributed by atoms with Gasteiger partial charge in [0.2, 0.25) is 0 Å². The van der Waals surface area contributed by atoms with Crippen LogP contribution < -0.4 is 9.47 Å². The fourth-order valence-corrected chi connectivity index (χ4v) is 3.90. The van der Waals surface area contributed by atoms with E-state index in [2.05, 4.69) is 6.07 Å². The molecule has 0 aromatic heterocycles. The molecule has 2 aromatic rings. The number of nitrogens with zero attached hydrogens (tertiary/aromatic N) is 2. The highest BCUT2D eigenvalue weighted by Gasteiger charge is 2.43. The first kappa shape index (κ1) is 18.1. The number of ether oxygens (including phenoxy) is 2. The molecular formula is C22H20N2O4. The van der Waals surface area contributed by atoms with Gasteiger partial charge in [-0.05, 0) is 30.3 Å². The number of carbonyl (C=O) groups excluding carboxylic acids is 2. The number of hydrogen-bond donors (Lipinski definition) is 0. The second kappa shape index (κ2) is 7.01. The van der Waals surface area contributed by atoms with Gasteiger partial charge in [-0.2, -0.15) is 5.26 Å². The first-order chi connectivity index (χ1) is 13.5. The van der Waals surface area contributed by atoms with E-state index >= 15 is 0 Å². The summed E-state index contributed by atoms with van der Waals surface area (Å²) >= 11 is 0. The molecule has 0 saturated carbocycles. The van der Waals surface area contributed by atoms with Gasteiger partial charge in [0.15, 0.2) is 5.78 Å². The lowest BCUT2D eigenvalue weighted by atomic mass is 9.82. The Kier molecular flexibility index (Phi) is 4.52. The number of carbonyl (C=O) groups is 2. The Bertz CT molecular complexity index is 984. The molecule has 4 rings (SSSR count). The summed E-state index contributed by atoms with van der Waals surface area (Å²) in [5.41, 5.74) is 0.969. The molecule has 28 heavy (non-hydrogen) atoms. The molecule has 2 aliphatic rings. The molecule has 0 aliphatic carbocycles. The highest BCUT2D eigenvalue weighted by Crippen LogP contribution is 2.40. The lowest BCUT2D eigenvalue weighted by Crippen LogP contribution is -2.52. The number of Topliss-reactive ketones (excluding diaryl/α,β-unsaturated/α-hetero) is 1. The van der Waals surface area contributed by atoms with E-state index in [0.29, 0.717) is 60.5 Å². The number of rotatable bonds is 2. The molecule has 6 heteroatoms. The van der Waals surface area contributed by atoms with E-state index in [1.165, 1.54) is 0 Å². The van der Waals surface area contributed by atoms with E-state index < -0.39 is 5.60 Å². The van der Waals surface area contributed by atoms with Crippen molar-refractivity contribution in [2.75, 3.05) is 20.2 Å². The topological polar surface area (TPSA) is 79.6 Å². The van der Waals surface area contributed by atoms with Crippen LogP contribution in [0.5, 0.6) is 11.5 Å². The maximum atomic E-state index is 12.8. The van der Waals surface area contributed by atoms with Crippen LogP contribution in [0.1, 0.15) is 45.5 Å². The molecule has 1 saturated heterocycles. The Balaban J connectivity index is 1.49. The molecule has 1 spiro atoms. The van der Waals surface area contributed by atoms with Gasteiger partial charge in [-0.25, -0.2) is 0 Å². The van der Waals surface area contributed by atoms with E-state index in [1.54, 1.807) is 54.5 Å². The Morgan fingerprint density at radius 1 is 1.21 bits per heavy atom. The summed E-state index contributed by atoms with van der Waals surface area (Å²) < 4.78 is 11.5. The standard InChI is InChI=1S/C22H20N2O4/c1-27-17-5-6-18-19(25)13-22(28-20(18)12-17)7-9-24(10-8-22)21(26)16-4-2-3-15(11-16)14-23/h2-6,11-12H,7-10,13H2,1H3. The normalized spacial score (nSPS) is 17.4. The van der Waals surface area contributed by atoms with Crippen molar-refractivity contribution in [2.24, 2.45) is 0 Å². The maximum Gasteiger partial charge on any atom is 0.253 e. The maximum absolute atomic E-state index is 12.8. The van der Waals surface area contributed by atoms with Crippen LogP contribution in [0.3, 0.4) is 0 Å². The summed E-state index contributed by atoms with van der Waals surface area (Å²) in [4.78, 5) is 27.2. The van der Waals surface area contributed by atoms with Crippen molar-refractivity contribution in [3.05, 3.63) is 59.2 Å². The van der Waals surface area contributed by atoms with E-state index in [9.17, 15) is 9.59 Å². The van der Waals surface area contributed by atoms with Crippen LogP contribution in [0.4, 0.5) is 0 Å². The van der Waals surface area contributed by atoms with Gasteiger partial charge in [0, 0.05) is 37.6 Å². The lowest BCUT2D eigenvalue weighted by Gasteiger charge is -2.44. The number of hydrogen-bond acceptors (Lipinski definition) is 5. The average Bonchev–Trinajstić information content (AvgIpc) is 2.73. The van der Waals surface area contributed by atoms with Gasteiger partial charge in [0.05, 0.1) is 30.7 Å². The smallest absolute Gasteiger partial charge is 0.253 e. The Labute approximate surface area is 163 Å². The van der Waals surface area contributed by atoms with Gasteiger partial charge in [0.25, 0.3) is 5.91 Å². The molecule has 0 bridgehead atoms. The van der Waals surface area contributed by atoms with Gasteiger partial charge in [0.1, 0.15) is 17.1 Å². The third-order valence-electron chi connectivity index (χ3n) is 5.50. The van der Waals surface area contributed by atoms with Crippen molar-refractivity contribution in [1.82, 2.24) is 4.90 Å². The van der Waals surface area contributed by atoms with Gasteiger partial charge >= 0.3 is 0 Å². The predicted octanol–water partition coefficient (Wildman–Crippen LogP) is 3.21. The first-order valence-corrected chi connectivity index (χ1v) is 9.23.